The van der Waals surface area contributed by atoms with Crippen LogP contribution in [-0.2, 0) is 6.54 Å². The third kappa shape index (κ3) is 5.44. The number of carbonyl (C=O) groups excluding carboxylic acids is 1. The minimum absolute atomic E-state index is 0.266. The maximum atomic E-state index is 11.4. The molecule has 1 atom stereocenters. The number of nitrogens with zero attached hydrogens (tertiary/aromatic N) is 4. The number of aliphatic hydroxyl groups excluding tert-OH is 1. The van der Waals surface area contributed by atoms with Crippen LogP contribution in [0.2, 0.25) is 0 Å². The summed E-state index contributed by atoms with van der Waals surface area (Å²) in [6, 6.07) is 8.48. The maximum Gasteiger partial charge on any atom is 0.285 e. The number of thioether (sulfide) groups is 1. The van der Waals surface area contributed by atoms with Gasteiger partial charge in [0.25, 0.3) is 5.24 Å². The van der Waals surface area contributed by atoms with E-state index in [-0.39, 0.29) is 5.24 Å². The van der Waals surface area contributed by atoms with E-state index >= 15 is 0 Å². The fourth-order valence-electron chi connectivity index (χ4n) is 4.24. The van der Waals surface area contributed by atoms with Crippen molar-refractivity contribution in [3.63, 3.8) is 0 Å². The molecule has 0 spiro atoms. The molecule has 3 aromatic heterocycles. The summed E-state index contributed by atoms with van der Waals surface area (Å²) in [5.41, 5.74) is 3.65. The normalized spacial score (nSPS) is 23.7. The summed E-state index contributed by atoms with van der Waals surface area (Å²) in [4.78, 5) is 25.3. The number of aliphatic hydroxyl groups is 1. The summed E-state index contributed by atoms with van der Waals surface area (Å²) in [5.74, 6) is 0.557. The molecule has 1 unspecified atom stereocenters. The highest BCUT2D eigenvalue weighted by molar-refractivity contribution is 8.17. The molecule has 4 heterocycles. The van der Waals surface area contributed by atoms with E-state index in [4.69, 9.17) is 0 Å². The van der Waals surface area contributed by atoms with Gasteiger partial charge in [-0.1, -0.05) is 6.07 Å². The lowest BCUT2D eigenvalue weighted by Crippen LogP contribution is -2.37. The van der Waals surface area contributed by atoms with Crippen LogP contribution in [0.1, 0.15) is 36.9 Å². The molecule has 176 valence electrons. The molecule has 1 aliphatic heterocycles. The van der Waals surface area contributed by atoms with Crippen LogP contribution in [0.5, 0.6) is 0 Å². The first-order valence-electron chi connectivity index (χ1n) is 11.3. The van der Waals surface area contributed by atoms with E-state index in [9.17, 15) is 9.90 Å². The number of carbonyl (C=O) groups is 1. The molecule has 2 aliphatic rings. The van der Waals surface area contributed by atoms with Crippen molar-refractivity contribution in [3.8, 4) is 11.4 Å². The number of aromatic amines is 1. The van der Waals surface area contributed by atoms with Gasteiger partial charge in [0.2, 0.25) is 5.95 Å². The molecular weight excluding hydrogens is 452 g/mol. The van der Waals surface area contributed by atoms with E-state index in [1.165, 1.54) is 0 Å². The van der Waals surface area contributed by atoms with Gasteiger partial charge in [0.1, 0.15) is 0 Å². The van der Waals surface area contributed by atoms with Crippen molar-refractivity contribution < 1.29 is 9.90 Å². The predicted molar refractivity (Wildman–Crippen MR) is 130 cm³/mol. The van der Waals surface area contributed by atoms with E-state index < -0.39 is 6.23 Å². The lowest BCUT2D eigenvalue weighted by Gasteiger charge is -2.30. The molecule has 1 saturated heterocycles. The van der Waals surface area contributed by atoms with Crippen molar-refractivity contribution in [2.24, 2.45) is 0 Å². The van der Waals surface area contributed by atoms with Gasteiger partial charge < -0.3 is 21.1 Å². The van der Waals surface area contributed by atoms with Crippen LogP contribution >= 0.6 is 11.8 Å². The van der Waals surface area contributed by atoms with Crippen molar-refractivity contribution in [2.45, 2.75) is 50.5 Å². The first-order valence-corrected chi connectivity index (χ1v) is 12.1. The Morgan fingerprint density at radius 2 is 1.94 bits per heavy atom. The number of amides is 1. The lowest BCUT2D eigenvalue weighted by molar-refractivity contribution is 0.192. The molecular formula is C23H26N8O2S. The molecule has 5 N–H and O–H groups in total. The first-order chi connectivity index (χ1) is 16.6. The minimum Gasteiger partial charge on any atom is -0.369 e. The Labute approximate surface area is 201 Å². The van der Waals surface area contributed by atoms with E-state index in [0.29, 0.717) is 28.6 Å². The van der Waals surface area contributed by atoms with Crippen LogP contribution in [0.4, 0.5) is 10.7 Å². The minimum atomic E-state index is -0.978. The van der Waals surface area contributed by atoms with Gasteiger partial charge in [0, 0.05) is 42.1 Å². The monoisotopic (exact) mass is 478 g/mol. The smallest absolute Gasteiger partial charge is 0.285 e. The Morgan fingerprint density at radius 1 is 1.09 bits per heavy atom. The fourth-order valence-corrected chi connectivity index (χ4v) is 4.98. The van der Waals surface area contributed by atoms with Gasteiger partial charge in [-0.2, -0.15) is 5.10 Å². The van der Waals surface area contributed by atoms with Crippen LogP contribution in [0, 0.1) is 0 Å². The van der Waals surface area contributed by atoms with Crippen LogP contribution in [0.3, 0.4) is 0 Å². The number of hydrogen-bond donors (Lipinski definition) is 5. The molecule has 2 fully saturated rings. The number of nitrogens with one attached hydrogen (secondary N) is 4. The zero-order valence-electron chi connectivity index (χ0n) is 18.4. The predicted octanol–water partition coefficient (Wildman–Crippen LogP) is 2.89. The quantitative estimate of drug-likeness (QED) is 0.347. The Bertz CT molecular complexity index is 1160. The second-order valence-electron chi connectivity index (χ2n) is 8.34. The van der Waals surface area contributed by atoms with Gasteiger partial charge in [0.15, 0.2) is 6.23 Å². The van der Waals surface area contributed by atoms with Crippen molar-refractivity contribution in [1.82, 2.24) is 35.8 Å². The SMILES string of the molecule is O=C1NC(O)C(=Cc2ccnc(NC3CCC(NCc4cccnc4-c4ccn[nH]4)CC3)n2)S1. The summed E-state index contributed by atoms with van der Waals surface area (Å²) in [5, 5.41) is 26.2. The number of aromatic nitrogens is 5. The van der Waals surface area contributed by atoms with E-state index in [1.54, 1.807) is 30.7 Å². The average Bonchev–Trinajstić information content (AvgIpc) is 3.49. The molecule has 11 heteroatoms. The second-order valence-corrected chi connectivity index (χ2v) is 9.39. The molecule has 10 nitrogen and oxygen atoms in total. The highest BCUT2D eigenvalue weighted by Crippen LogP contribution is 2.28. The van der Waals surface area contributed by atoms with Gasteiger partial charge in [-0.3, -0.25) is 14.9 Å². The molecule has 0 radical (unpaired) electrons. The number of rotatable bonds is 7. The highest BCUT2D eigenvalue weighted by atomic mass is 32.2. The van der Waals surface area contributed by atoms with Crippen molar-refractivity contribution in [3.05, 3.63) is 59.0 Å². The molecule has 1 saturated carbocycles. The van der Waals surface area contributed by atoms with Crippen molar-refractivity contribution in [1.29, 1.82) is 0 Å². The number of anilines is 1. The molecule has 3 aromatic rings. The van der Waals surface area contributed by atoms with Gasteiger partial charge in [-0.15, -0.1) is 0 Å². The summed E-state index contributed by atoms with van der Waals surface area (Å²) < 4.78 is 0. The fraction of sp³-hybridized carbons (Fsp3) is 0.348. The molecule has 1 amide bonds. The van der Waals surface area contributed by atoms with E-state index in [1.807, 2.05) is 12.1 Å². The molecule has 5 rings (SSSR count). The number of pyridine rings is 1. The zero-order valence-corrected chi connectivity index (χ0v) is 19.3. The van der Waals surface area contributed by atoms with Crippen LogP contribution in [0.25, 0.3) is 17.5 Å². The van der Waals surface area contributed by atoms with Gasteiger partial charge in [-0.25, -0.2) is 9.97 Å². The van der Waals surface area contributed by atoms with Gasteiger partial charge in [-0.05, 0) is 67.3 Å². The lowest BCUT2D eigenvalue weighted by atomic mass is 9.91. The summed E-state index contributed by atoms with van der Waals surface area (Å²) in [6.45, 7) is 0.756. The first kappa shape index (κ1) is 22.5. The molecule has 34 heavy (non-hydrogen) atoms. The topological polar surface area (TPSA) is 141 Å². The summed E-state index contributed by atoms with van der Waals surface area (Å²) >= 11 is 0.978. The van der Waals surface area contributed by atoms with Crippen LogP contribution in [-0.4, -0.2) is 53.8 Å². The highest BCUT2D eigenvalue weighted by Gasteiger charge is 2.26. The summed E-state index contributed by atoms with van der Waals surface area (Å²) in [6.07, 6.45) is 10.1. The Kier molecular flexibility index (Phi) is 6.84. The Morgan fingerprint density at radius 3 is 2.71 bits per heavy atom. The molecule has 1 aliphatic carbocycles. The van der Waals surface area contributed by atoms with Gasteiger partial charge in [0.05, 0.1) is 17.1 Å². The summed E-state index contributed by atoms with van der Waals surface area (Å²) in [7, 11) is 0. The van der Waals surface area contributed by atoms with Crippen LogP contribution in [0.15, 0.2) is 47.8 Å². The Hall–Kier alpha value is -3.28. The standard InChI is InChI=1S/C23H26N8O2S/c32-21-19(34-23(33)30-21)12-17-7-10-25-22(29-17)28-16-5-3-15(4-6-16)26-13-14-2-1-9-24-20(14)18-8-11-27-31-18/h1-2,7-12,15-16,21,26,32H,3-6,13H2,(H,27,31)(H,30,33)(H,25,28,29). The van der Waals surface area contributed by atoms with E-state index in [0.717, 1.165) is 60.9 Å². The third-order valence-electron chi connectivity index (χ3n) is 5.99. The van der Waals surface area contributed by atoms with Crippen LogP contribution < -0.4 is 16.0 Å². The maximum absolute atomic E-state index is 11.4. The number of hydrogen-bond acceptors (Lipinski definition) is 9. The Balaban J connectivity index is 1.13. The number of H-pyrrole nitrogens is 1. The van der Waals surface area contributed by atoms with Crippen molar-refractivity contribution >= 4 is 29.0 Å². The molecule has 0 aromatic carbocycles. The largest absolute Gasteiger partial charge is 0.369 e. The zero-order chi connectivity index (χ0) is 23.3. The van der Waals surface area contributed by atoms with Gasteiger partial charge >= 0.3 is 0 Å². The van der Waals surface area contributed by atoms with Crippen molar-refractivity contribution in [2.75, 3.05) is 5.32 Å². The second kappa shape index (κ2) is 10.3. The third-order valence-corrected chi connectivity index (χ3v) is 6.87. The average molecular weight is 479 g/mol. The molecule has 0 bridgehead atoms. The van der Waals surface area contributed by atoms with E-state index in [2.05, 4.69) is 47.2 Å².